The summed E-state index contributed by atoms with van der Waals surface area (Å²) in [6.07, 6.45) is 8.63. The molecule has 0 spiro atoms. The van der Waals surface area contributed by atoms with Crippen LogP contribution < -0.4 is 5.32 Å². The summed E-state index contributed by atoms with van der Waals surface area (Å²) in [5.74, 6) is 0.0546. The van der Waals surface area contributed by atoms with Crippen molar-refractivity contribution in [2.24, 2.45) is 5.92 Å². The quantitative estimate of drug-likeness (QED) is 0.670. The van der Waals surface area contributed by atoms with E-state index in [2.05, 4.69) is 10.3 Å². The maximum absolute atomic E-state index is 12.2. The maximum Gasteiger partial charge on any atom is 0.244 e. The van der Waals surface area contributed by atoms with Crippen LogP contribution in [0.15, 0.2) is 42.5 Å². The lowest BCUT2D eigenvalue weighted by Gasteiger charge is -2.23. The van der Waals surface area contributed by atoms with Gasteiger partial charge in [0.05, 0.1) is 11.2 Å². The van der Waals surface area contributed by atoms with Crippen LogP contribution in [-0.4, -0.2) is 28.6 Å². The summed E-state index contributed by atoms with van der Waals surface area (Å²) in [4.78, 5) is 16.7. The topological polar surface area (TPSA) is 62.2 Å². The zero-order valence-electron chi connectivity index (χ0n) is 13.8. The summed E-state index contributed by atoms with van der Waals surface area (Å²) < 4.78 is 0. The van der Waals surface area contributed by atoms with Crippen molar-refractivity contribution >= 4 is 22.9 Å². The monoisotopic (exact) mass is 324 g/mol. The number of aliphatic hydroxyl groups excluding tert-OH is 1. The summed E-state index contributed by atoms with van der Waals surface area (Å²) >= 11 is 0. The number of aliphatic hydroxyl groups is 1. The molecule has 1 aromatic heterocycles. The Hall–Kier alpha value is -2.20. The van der Waals surface area contributed by atoms with Crippen LogP contribution in [0.3, 0.4) is 0 Å². The standard InChI is InChI=1S/C20H24N2O2/c23-14-16-7-2-1-3-8-19(16)22-20(24)13-12-17-11-10-15-6-4-5-9-18(15)21-17/h4-6,9-13,16,19,23H,1-3,7-8,14H2,(H,22,24)/b13-12+. The number of nitrogens with one attached hydrogen (secondary N) is 1. The summed E-state index contributed by atoms with van der Waals surface area (Å²) in [5.41, 5.74) is 1.69. The molecule has 2 N–H and O–H groups in total. The lowest BCUT2D eigenvalue weighted by Crippen LogP contribution is -2.40. The summed E-state index contributed by atoms with van der Waals surface area (Å²) in [5, 5.41) is 13.7. The van der Waals surface area contributed by atoms with E-state index in [9.17, 15) is 9.90 Å². The number of hydrogen-bond acceptors (Lipinski definition) is 3. The minimum atomic E-state index is -0.115. The molecule has 0 radical (unpaired) electrons. The molecule has 1 aliphatic carbocycles. The molecule has 1 amide bonds. The lowest BCUT2D eigenvalue weighted by atomic mass is 9.95. The third-order valence-corrected chi connectivity index (χ3v) is 4.75. The van der Waals surface area contributed by atoms with Gasteiger partial charge in [0.2, 0.25) is 5.91 Å². The van der Waals surface area contributed by atoms with Crippen molar-refractivity contribution in [3.8, 4) is 0 Å². The van der Waals surface area contributed by atoms with Crippen molar-refractivity contribution in [3.63, 3.8) is 0 Å². The Labute approximate surface area is 142 Å². The molecule has 4 heteroatoms. The van der Waals surface area contributed by atoms with Gasteiger partial charge in [0, 0.05) is 30.0 Å². The summed E-state index contributed by atoms with van der Waals surface area (Å²) in [6, 6.07) is 11.9. The van der Waals surface area contributed by atoms with E-state index in [1.165, 1.54) is 12.5 Å². The van der Waals surface area contributed by atoms with Crippen LogP contribution in [0, 0.1) is 5.92 Å². The Bertz CT molecular complexity index is 726. The minimum Gasteiger partial charge on any atom is -0.396 e. The van der Waals surface area contributed by atoms with Crippen molar-refractivity contribution in [1.82, 2.24) is 10.3 Å². The molecule has 126 valence electrons. The first-order chi connectivity index (χ1) is 11.8. The first kappa shape index (κ1) is 16.7. The second kappa shape index (κ2) is 8.06. The van der Waals surface area contributed by atoms with Crippen LogP contribution in [0.5, 0.6) is 0 Å². The van der Waals surface area contributed by atoms with Gasteiger partial charge in [-0.25, -0.2) is 4.98 Å². The van der Waals surface area contributed by atoms with E-state index in [0.29, 0.717) is 0 Å². The van der Waals surface area contributed by atoms with Crippen LogP contribution in [-0.2, 0) is 4.79 Å². The second-order valence-corrected chi connectivity index (χ2v) is 6.46. The van der Waals surface area contributed by atoms with Gasteiger partial charge in [0.25, 0.3) is 0 Å². The zero-order valence-corrected chi connectivity index (χ0v) is 13.8. The molecule has 1 saturated carbocycles. The number of rotatable bonds is 4. The number of carbonyl (C=O) groups is 1. The number of carbonyl (C=O) groups excluding carboxylic acids is 1. The fourth-order valence-electron chi connectivity index (χ4n) is 3.36. The maximum atomic E-state index is 12.2. The highest BCUT2D eigenvalue weighted by molar-refractivity contribution is 5.92. The molecule has 4 nitrogen and oxygen atoms in total. The van der Waals surface area contributed by atoms with E-state index in [1.807, 2.05) is 36.4 Å². The number of para-hydroxylation sites is 1. The van der Waals surface area contributed by atoms with E-state index in [0.717, 1.165) is 42.3 Å². The first-order valence-corrected chi connectivity index (χ1v) is 8.71. The highest BCUT2D eigenvalue weighted by Crippen LogP contribution is 2.23. The van der Waals surface area contributed by atoms with Crippen LogP contribution >= 0.6 is 0 Å². The van der Waals surface area contributed by atoms with E-state index in [-0.39, 0.29) is 24.5 Å². The molecule has 3 rings (SSSR count). The van der Waals surface area contributed by atoms with Gasteiger partial charge in [0.15, 0.2) is 0 Å². The fraction of sp³-hybridized carbons (Fsp3) is 0.400. The molecule has 1 aliphatic rings. The number of hydrogen-bond donors (Lipinski definition) is 2. The average molecular weight is 324 g/mol. The van der Waals surface area contributed by atoms with Gasteiger partial charge in [-0.05, 0) is 31.1 Å². The molecule has 0 aliphatic heterocycles. The molecule has 1 aromatic carbocycles. The van der Waals surface area contributed by atoms with E-state index in [4.69, 9.17) is 0 Å². The number of amides is 1. The predicted molar refractivity (Wildman–Crippen MR) is 96.4 cm³/mol. The second-order valence-electron chi connectivity index (χ2n) is 6.46. The number of pyridine rings is 1. The number of benzene rings is 1. The largest absolute Gasteiger partial charge is 0.396 e. The number of aromatic nitrogens is 1. The predicted octanol–water partition coefficient (Wildman–Crippen LogP) is 3.31. The van der Waals surface area contributed by atoms with Gasteiger partial charge in [-0.1, -0.05) is 43.5 Å². The van der Waals surface area contributed by atoms with Crippen LogP contribution in [0.4, 0.5) is 0 Å². The Balaban J connectivity index is 1.65. The first-order valence-electron chi connectivity index (χ1n) is 8.71. The zero-order chi connectivity index (χ0) is 16.8. The molecule has 1 heterocycles. The van der Waals surface area contributed by atoms with Crippen LogP contribution in [0.2, 0.25) is 0 Å². The normalized spacial score (nSPS) is 21.7. The van der Waals surface area contributed by atoms with Crippen molar-refractivity contribution in [1.29, 1.82) is 0 Å². The molecular formula is C20H24N2O2. The molecule has 1 fully saturated rings. The molecule has 24 heavy (non-hydrogen) atoms. The van der Waals surface area contributed by atoms with Gasteiger partial charge in [-0.15, -0.1) is 0 Å². The molecule has 0 bridgehead atoms. The van der Waals surface area contributed by atoms with Crippen molar-refractivity contribution in [2.75, 3.05) is 6.61 Å². The third-order valence-electron chi connectivity index (χ3n) is 4.75. The van der Waals surface area contributed by atoms with Crippen molar-refractivity contribution in [2.45, 2.75) is 38.1 Å². The molecule has 2 unspecified atom stereocenters. The highest BCUT2D eigenvalue weighted by atomic mass is 16.3. The number of fused-ring (bicyclic) bond motifs is 1. The Morgan fingerprint density at radius 3 is 2.88 bits per heavy atom. The SMILES string of the molecule is O=C(/C=C/c1ccc2ccccc2n1)NC1CCCCCC1CO. The molecule has 0 saturated heterocycles. The molecule has 2 aromatic rings. The van der Waals surface area contributed by atoms with Crippen LogP contribution in [0.25, 0.3) is 17.0 Å². The van der Waals surface area contributed by atoms with Gasteiger partial charge in [-0.3, -0.25) is 4.79 Å². The Kier molecular flexibility index (Phi) is 5.59. The summed E-state index contributed by atoms with van der Waals surface area (Å²) in [6.45, 7) is 0.140. The van der Waals surface area contributed by atoms with E-state index in [1.54, 1.807) is 6.08 Å². The minimum absolute atomic E-state index is 0.0687. The van der Waals surface area contributed by atoms with Gasteiger partial charge < -0.3 is 10.4 Å². The summed E-state index contributed by atoms with van der Waals surface area (Å²) in [7, 11) is 0. The fourth-order valence-corrected chi connectivity index (χ4v) is 3.36. The average Bonchev–Trinajstić information content (AvgIpc) is 2.84. The van der Waals surface area contributed by atoms with Gasteiger partial charge in [0.1, 0.15) is 0 Å². The van der Waals surface area contributed by atoms with Crippen molar-refractivity contribution in [3.05, 3.63) is 48.2 Å². The Morgan fingerprint density at radius 1 is 1.17 bits per heavy atom. The van der Waals surface area contributed by atoms with Gasteiger partial charge >= 0.3 is 0 Å². The highest BCUT2D eigenvalue weighted by Gasteiger charge is 2.23. The molecular weight excluding hydrogens is 300 g/mol. The van der Waals surface area contributed by atoms with Gasteiger partial charge in [-0.2, -0.15) is 0 Å². The van der Waals surface area contributed by atoms with E-state index < -0.39 is 0 Å². The van der Waals surface area contributed by atoms with Crippen LogP contribution in [0.1, 0.15) is 37.8 Å². The third kappa shape index (κ3) is 4.20. The lowest BCUT2D eigenvalue weighted by molar-refractivity contribution is -0.117. The Morgan fingerprint density at radius 2 is 2.00 bits per heavy atom. The van der Waals surface area contributed by atoms with E-state index >= 15 is 0 Å². The number of nitrogens with zero attached hydrogens (tertiary/aromatic N) is 1. The molecule has 2 atom stereocenters. The van der Waals surface area contributed by atoms with Crippen molar-refractivity contribution < 1.29 is 9.90 Å². The smallest absolute Gasteiger partial charge is 0.244 e.